The van der Waals surface area contributed by atoms with Crippen LogP contribution in [0, 0.1) is 5.92 Å². The highest BCUT2D eigenvalue weighted by Crippen LogP contribution is 2.32. The number of hydrogen-bond acceptors (Lipinski definition) is 6. The number of rotatable bonds is 7. The van der Waals surface area contributed by atoms with Gasteiger partial charge in [-0.25, -0.2) is 0 Å². The Morgan fingerprint density at radius 2 is 2.16 bits per heavy atom. The van der Waals surface area contributed by atoms with Crippen molar-refractivity contribution in [2.45, 2.75) is 32.2 Å². The van der Waals surface area contributed by atoms with Gasteiger partial charge in [0.05, 0.1) is 50.8 Å². The van der Waals surface area contributed by atoms with Crippen LogP contribution < -0.4 is 10.6 Å². The van der Waals surface area contributed by atoms with Gasteiger partial charge in [-0.05, 0) is 23.6 Å². The number of benzene rings is 1. The van der Waals surface area contributed by atoms with Gasteiger partial charge in [0.2, 0.25) is 0 Å². The van der Waals surface area contributed by atoms with Crippen LogP contribution in [0.15, 0.2) is 18.2 Å². The Hall–Kier alpha value is -1.79. The van der Waals surface area contributed by atoms with Crippen molar-refractivity contribution >= 4 is 17.3 Å². The van der Waals surface area contributed by atoms with Gasteiger partial charge in [-0.3, -0.25) is 4.79 Å². The van der Waals surface area contributed by atoms with Crippen LogP contribution >= 0.6 is 0 Å². The molecule has 25 heavy (non-hydrogen) atoms. The molecule has 6 nitrogen and oxygen atoms in total. The lowest BCUT2D eigenvalue weighted by Crippen LogP contribution is -2.48. The van der Waals surface area contributed by atoms with Crippen LogP contribution in [0.25, 0.3) is 0 Å². The highest BCUT2D eigenvalue weighted by molar-refractivity contribution is 5.72. The smallest absolute Gasteiger partial charge is 0.306 e. The van der Waals surface area contributed by atoms with E-state index in [-0.39, 0.29) is 18.3 Å². The monoisotopic (exact) mass is 350 g/mol. The van der Waals surface area contributed by atoms with E-state index in [9.17, 15) is 4.79 Å². The fourth-order valence-corrected chi connectivity index (χ4v) is 3.32. The number of carbonyl (C=O) groups is 1. The molecule has 140 valence electrons. The van der Waals surface area contributed by atoms with E-state index in [2.05, 4.69) is 18.7 Å². The van der Waals surface area contributed by atoms with Gasteiger partial charge in [0.25, 0.3) is 0 Å². The maximum Gasteiger partial charge on any atom is 0.306 e. The van der Waals surface area contributed by atoms with E-state index in [0.717, 1.165) is 23.5 Å². The largest absolute Gasteiger partial charge is 0.469 e. The molecular weight excluding hydrogens is 320 g/mol. The topological polar surface area (TPSA) is 74.0 Å². The number of ether oxygens (including phenoxy) is 3. The number of carbonyl (C=O) groups excluding carboxylic acids is 1. The van der Waals surface area contributed by atoms with Crippen molar-refractivity contribution in [3.63, 3.8) is 0 Å². The Bertz CT molecular complexity index is 577. The van der Waals surface area contributed by atoms with Gasteiger partial charge >= 0.3 is 5.97 Å². The normalized spacial score (nSPS) is 19.1. The summed E-state index contributed by atoms with van der Waals surface area (Å²) in [5.41, 5.74) is 9.11. The minimum absolute atomic E-state index is 0.0700. The third kappa shape index (κ3) is 4.86. The summed E-state index contributed by atoms with van der Waals surface area (Å²) in [6.07, 6.45) is 0.273. The maximum absolute atomic E-state index is 11.7. The lowest BCUT2D eigenvalue weighted by molar-refractivity contribution is -0.141. The number of nitrogens with two attached hydrogens (primary N) is 1. The van der Waals surface area contributed by atoms with Gasteiger partial charge in [0, 0.05) is 19.6 Å². The van der Waals surface area contributed by atoms with E-state index < -0.39 is 0 Å². The molecule has 2 rings (SSSR count). The molecule has 1 aromatic carbocycles. The van der Waals surface area contributed by atoms with Crippen LogP contribution in [0.2, 0.25) is 0 Å². The quantitative estimate of drug-likeness (QED) is 0.601. The van der Waals surface area contributed by atoms with Gasteiger partial charge in [0.15, 0.2) is 0 Å². The van der Waals surface area contributed by atoms with Crippen molar-refractivity contribution in [1.29, 1.82) is 0 Å². The fraction of sp³-hybridized carbons (Fsp3) is 0.632. The molecular formula is C19H30N2O4. The van der Waals surface area contributed by atoms with E-state index in [1.54, 1.807) is 7.11 Å². The second-order valence-corrected chi connectivity index (χ2v) is 6.83. The summed E-state index contributed by atoms with van der Waals surface area (Å²) >= 11 is 0. The van der Waals surface area contributed by atoms with Crippen molar-refractivity contribution in [3.8, 4) is 0 Å². The number of anilines is 2. The molecule has 0 amide bonds. The SMILES string of the molecule is COCC(CC(=O)OC)c1ccc(N2CCOC[C@H]2C(C)C)c(N)c1. The summed E-state index contributed by atoms with van der Waals surface area (Å²) in [5, 5.41) is 0. The molecule has 1 aliphatic rings. The number of nitrogens with zero attached hydrogens (tertiary/aromatic N) is 1. The molecule has 1 saturated heterocycles. The molecule has 2 atom stereocenters. The first-order chi connectivity index (χ1) is 12.0. The summed E-state index contributed by atoms with van der Waals surface area (Å²) in [7, 11) is 3.02. The van der Waals surface area contributed by atoms with Gasteiger partial charge in [0.1, 0.15) is 0 Å². The number of esters is 1. The van der Waals surface area contributed by atoms with Gasteiger partial charge in [-0.1, -0.05) is 19.9 Å². The third-order valence-electron chi connectivity index (χ3n) is 4.78. The molecule has 1 aromatic rings. The third-order valence-corrected chi connectivity index (χ3v) is 4.78. The van der Waals surface area contributed by atoms with E-state index in [1.807, 2.05) is 18.2 Å². The zero-order chi connectivity index (χ0) is 18.4. The standard InChI is InChI=1S/C19H30N2O4/c1-13(2)18-12-25-8-7-21(18)17-6-5-14(9-16(17)20)15(11-23-3)10-19(22)24-4/h5-6,9,13,15,18H,7-8,10-12,20H2,1-4H3/t15?,18-/m0/s1. The molecule has 6 heteroatoms. The highest BCUT2D eigenvalue weighted by atomic mass is 16.5. The summed E-state index contributed by atoms with van der Waals surface area (Å²) in [6, 6.07) is 6.34. The summed E-state index contributed by atoms with van der Waals surface area (Å²) in [5.74, 6) is 0.150. The zero-order valence-corrected chi connectivity index (χ0v) is 15.7. The molecule has 0 radical (unpaired) electrons. The first-order valence-electron chi connectivity index (χ1n) is 8.77. The van der Waals surface area contributed by atoms with Crippen LogP contribution in [0.3, 0.4) is 0 Å². The lowest BCUT2D eigenvalue weighted by Gasteiger charge is -2.40. The first-order valence-corrected chi connectivity index (χ1v) is 8.77. The summed E-state index contributed by atoms with van der Waals surface area (Å²) < 4.78 is 15.7. The zero-order valence-electron chi connectivity index (χ0n) is 15.7. The number of hydrogen-bond donors (Lipinski definition) is 1. The van der Waals surface area contributed by atoms with Crippen LogP contribution in [0.5, 0.6) is 0 Å². The lowest BCUT2D eigenvalue weighted by atomic mass is 9.94. The summed E-state index contributed by atoms with van der Waals surface area (Å²) in [6.45, 7) is 7.09. The first kappa shape index (κ1) is 19.5. The highest BCUT2D eigenvalue weighted by Gasteiger charge is 2.27. The predicted molar refractivity (Wildman–Crippen MR) is 98.9 cm³/mol. The molecule has 0 aliphatic carbocycles. The Balaban J connectivity index is 2.24. The number of nitrogen functional groups attached to an aromatic ring is 1. The Morgan fingerprint density at radius 3 is 2.76 bits per heavy atom. The molecule has 1 unspecified atom stereocenters. The minimum atomic E-state index is -0.252. The van der Waals surface area contributed by atoms with Crippen LogP contribution in [-0.4, -0.2) is 52.6 Å². The predicted octanol–water partition coefficient (Wildman–Crippen LogP) is 2.42. The van der Waals surface area contributed by atoms with Crippen molar-refractivity contribution < 1.29 is 19.0 Å². The number of morpholine rings is 1. The maximum atomic E-state index is 11.7. The van der Waals surface area contributed by atoms with E-state index in [1.165, 1.54) is 7.11 Å². The van der Waals surface area contributed by atoms with Crippen LogP contribution in [0.4, 0.5) is 11.4 Å². The van der Waals surface area contributed by atoms with Crippen LogP contribution in [-0.2, 0) is 19.0 Å². The molecule has 2 N–H and O–H groups in total. The van der Waals surface area contributed by atoms with Crippen molar-refractivity contribution in [1.82, 2.24) is 0 Å². The molecule has 0 spiro atoms. The molecule has 0 saturated carbocycles. The van der Waals surface area contributed by atoms with Crippen molar-refractivity contribution in [3.05, 3.63) is 23.8 Å². The Kier molecular flexibility index (Phi) is 7.08. The van der Waals surface area contributed by atoms with Crippen LogP contribution in [0.1, 0.15) is 31.7 Å². The molecule has 1 aliphatic heterocycles. The van der Waals surface area contributed by atoms with Gasteiger partial charge < -0.3 is 24.8 Å². The van der Waals surface area contributed by atoms with Crippen molar-refractivity contribution in [2.24, 2.45) is 5.92 Å². The second-order valence-electron chi connectivity index (χ2n) is 6.83. The molecule has 1 fully saturated rings. The Labute approximate surface area is 150 Å². The van der Waals surface area contributed by atoms with E-state index in [0.29, 0.717) is 31.8 Å². The van der Waals surface area contributed by atoms with E-state index >= 15 is 0 Å². The number of methoxy groups -OCH3 is 2. The van der Waals surface area contributed by atoms with E-state index in [4.69, 9.17) is 19.9 Å². The molecule has 0 aromatic heterocycles. The average Bonchev–Trinajstić information content (AvgIpc) is 2.61. The summed E-state index contributed by atoms with van der Waals surface area (Å²) in [4.78, 5) is 14.0. The van der Waals surface area contributed by atoms with Gasteiger partial charge in [-0.2, -0.15) is 0 Å². The molecule has 1 heterocycles. The second kappa shape index (κ2) is 9.06. The Morgan fingerprint density at radius 1 is 1.40 bits per heavy atom. The van der Waals surface area contributed by atoms with Crippen molar-refractivity contribution in [2.75, 3.05) is 51.2 Å². The average molecular weight is 350 g/mol. The minimum Gasteiger partial charge on any atom is -0.469 e. The molecule has 0 bridgehead atoms. The van der Waals surface area contributed by atoms with Gasteiger partial charge in [-0.15, -0.1) is 0 Å². The fourth-order valence-electron chi connectivity index (χ4n) is 3.32.